The molecule has 0 radical (unpaired) electrons. The first kappa shape index (κ1) is 11.0. The number of likely N-dealkylation sites (tertiary alicyclic amines) is 1. The molecule has 2 unspecified atom stereocenters. The first-order valence-electron chi connectivity index (χ1n) is 5.69. The van der Waals surface area contributed by atoms with Crippen LogP contribution in [0, 0.1) is 5.92 Å². The predicted molar refractivity (Wildman–Crippen MR) is 58.9 cm³/mol. The molecule has 1 rings (SSSR count). The van der Waals surface area contributed by atoms with Crippen molar-refractivity contribution in [3.8, 4) is 0 Å². The molecular weight excluding hydrogens is 158 g/mol. The molecule has 78 valence electrons. The lowest BCUT2D eigenvalue weighted by atomic mass is 9.95. The van der Waals surface area contributed by atoms with Gasteiger partial charge in [0.25, 0.3) is 0 Å². The van der Waals surface area contributed by atoms with Crippen molar-refractivity contribution in [1.82, 2.24) is 4.90 Å². The Morgan fingerprint density at radius 3 is 2.23 bits per heavy atom. The highest BCUT2D eigenvalue weighted by atomic mass is 15.2. The Hall–Kier alpha value is -0.0400. The SMILES string of the molecule is CC1CCCCN(C(C)(C)C)C1C. The van der Waals surface area contributed by atoms with Gasteiger partial charge in [-0.25, -0.2) is 0 Å². The van der Waals surface area contributed by atoms with Gasteiger partial charge >= 0.3 is 0 Å². The van der Waals surface area contributed by atoms with Gasteiger partial charge in [-0.1, -0.05) is 13.3 Å². The van der Waals surface area contributed by atoms with Crippen molar-refractivity contribution >= 4 is 0 Å². The number of hydrogen-bond acceptors (Lipinski definition) is 1. The van der Waals surface area contributed by atoms with Gasteiger partial charge in [-0.05, 0) is 53.0 Å². The first-order valence-corrected chi connectivity index (χ1v) is 5.69. The van der Waals surface area contributed by atoms with Crippen LogP contribution in [0.5, 0.6) is 0 Å². The highest BCUT2D eigenvalue weighted by Crippen LogP contribution is 2.28. The summed E-state index contributed by atoms with van der Waals surface area (Å²) in [6.07, 6.45) is 4.21. The van der Waals surface area contributed by atoms with Crippen LogP contribution in [0.2, 0.25) is 0 Å². The van der Waals surface area contributed by atoms with Crippen LogP contribution >= 0.6 is 0 Å². The zero-order valence-corrected chi connectivity index (χ0v) is 9.93. The van der Waals surface area contributed by atoms with E-state index in [-0.39, 0.29) is 0 Å². The molecule has 1 saturated heterocycles. The molecule has 1 aliphatic heterocycles. The van der Waals surface area contributed by atoms with Crippen molar-refractivity contribution in [2.24, 2.45) is 5.92 Å². The summed E-state index contributed by atoms with van der Waals surface area (Å²) in [7, 11) is 0. The normalized spacial score (nSPS) is 33.0. The second-order valence-electron chi connectivity index (χ2n) is 5.58. The van der Waals surface area contributed by atoms with Crippen molar-refractivity contribution in [2.45, 2.75) is 65.5 Å². The molecule has 1 aliphatic rings. The van der Waals surface area contributed by atoms with Crippen LogP contribution in [0.25, 0.3) is 0 Å². The van der Waals surface area contributed by atoms with E-state index in [1.165, 1.54) is 25.8 Å². The zero-order chi connectivity index (χ0) is 10.1. The first-order chi connectivity index (χ1) is 5.93. The second-order valence-corrected chi connectivity index (χ2v) is 5.58. The summed E-state index contributed by atoms with van der Waals surface area (Å²) in [6, 6.07) is 0.752. The van der Waals surface area contributed by atoms with Crippen molar-refractivity contribution in [2.75, 3.05) is 6.54 Å². The van der Waals surface area contributed by atoms with Crippen molar-refractivity contribution in [1.29, 1.82) is 0 Å². The molecule has 0 aromatic heterocycles. The lowest BCUT2D eigenvalue weighted by Crippen LogP contribution is -2.48. The van der Waals surface area contributed by atoms with Gasteiger partial charge in [0.1, 0.15) is 0 Å². The molecule has 13 heavy (non-hydrogen) atoms. The monoisotopic (exact) mass is 183 g/mol. The van der Waals surface area contributed by atoms with E-state index in [2.05, 4.69) is 39.5 Å². The molecule has 0 spiro atoms. The summed E-state index contributed by atoms with van der Waals surface area (Å²) >= 11 is 0. The molecule has 0 saturated carbocycles. The minimum atomic E-state index is 0.345. The maximum atomic E-state index is 2.67. The number of hydrogen-bond donors (Lipinski definition) is 0. The van der Waals surface area contributed by atoms with E-state index in [9.17, 15) is 0 Å². The molecule has 1 heteroatoms. The third-order valence-electron chi connectivity index (χ3n) is 3.49. The van der Waals surface area contributed by atoms with Gasteiger partial charge in [-0.15, -0.1) is 0 Å². The lowest BCUT2D eigenvalue weighted by Gasteiger charge is -2.41. The quantitative estimate of drug-likeness (QED) is 0.557. The third kappa shape index (κ3) is 2.70. The highest BCUT2D eigenvalue weighted by molar-refractivity contribution is 4.85. The Morgan fingerprint density at radius 2 is 1.69 bits per heavy atom. The van der Waals surface area contributed by atoms with Crippen LogP contribution in [0.3, 0.4) is 0 Å². The molecule has 0 aliphatic carbocycles. The fourth-order valence-corrected chi connectivity index (χ4v) is 2.45. The summed E-state index contributed by atoms with van der Waals surface area (Å²) in [5.41, 5.74) is 0.345. The van der Waals surface area contributed by atoms with Gasteiger partial charge < -0.3 is 0 Å². The van der Waals surface area contributed by atoms with Crippen molar-refractivity contribution < 1.29 is 0 Å². The van der Waals surface area contributed by atoms with E-state index in [1.54, 1.807) is 0 Å². The van der Waals surface area contributed by atoms with Crippen molar-refractivity contribution in [3.63, 3.8) is 0 Å². The molecule has 2 atom stereocenters. The van der Waals surface area contributed by atoms with Gasteiger partial charge in [0.15, 0.2) is 0 Å². The number of nitrogens with zero attached hydrogens (tertiary/aromatic N) is 1. The Kier molecular flexibility index (Phi) is 3.39. The molecule has 0 aromatic rings. The van der Waals surface area contributed by atoms with Crippen LogP contribution in [0.1, 0.15) is 53.9 Å². The molecule has 1 fully saturated rings. The maximum Gasteiger partial charge on any atom is 0.0127 e. The van der Waals surface area contributed by atoms with E-state index in [4.69, 9.17) is 0 Å². The minimum absolute atomic E-state index is 0.345. The predicted octanol–water partition coefficient (Wildman–Crippen LogP) is 3.30. The van der Waals surface area contributed by atoms with E-state index in [1.807, 2.05) is 0 Å². The fourth-order valence-electron chi connectivity index (χ4n) is 2.45. The second kappa shape index (κ2) is 4.00. The van der Waals surface area contributed by atoms with E-state index in [0.29, 0.717) is 5.54 Å². The summed E-state index contributed by atoms with van der Waals surface area (Å²) in [6.45, 7) is 13.1. The summed E-state index contributed by atoms with van der Waals surface area (Å²) < 4.78 is 0. The maximum absolute atomic E-state index is 2.67. The average Bonchev–Trinajstić information content (AvgIpc) is 2.14. The van der Waals surface area contributed by atoms with Gasteiger partial charge in [0, 0.05) is 11.6 Å². The minimum Gasteiger partial charge on any atom is -0.296 e. The largest absolute Gasteiger partial charge is 0.296 e. The van der Waals surface area contributed by atoms with Gasteiger partial charge in [0.2, 0.25) is 0 Å². The lowest BCUT2D eigenvalue weighted by molar-refractivity contribution is 0.0729. The van der Waals surface area contributed by atoms with Crippen molar-refractivity contribution in [3.05, 3.63) is 0 Å². The molecule has 0 N–H and O–H groups in total. The standard InChI is InChI=1S/C12H25N/c1-10-8-6-7-9-13(11(10)2)12(3,4)5/h10-11H,6-9H2,1-5H3. The molecule has 0 bridgehead atoms. The molecule has 0 aromatic carbocycles. The fraction of sp³-hybridized carbons (Fsp3) is 1.00. The summed E-state index contributed by atoms with van der Waals surface area (Å²) in [5, 5.41) is 0. The van der Waals surface area contributed by atoms with E-state index >= 15 is 0 Å². The number of rotatable bonds is 0. The Morgan fingerprint density at radius 1 is 1.08 bits per heavy atom. The van der Waals surface area contributed by atoms with Gasteiger partial charge in [-0.3, -0.25) is 4.90 Å². The van der Waals surface area contributed by atoms with Crippen LogP contribution in [-0.2, 0) is 0 Å². The van der Waals surface area contributed by atoms with Gasteiger partial charge in [0.05, 0.1) is 0 Å². The summed E-state index contributed by atoms with van der Waals surface area (Å²) in [4.78, 5) is 2.67. The van der Waals surface area contributed by atoms with Crippen LogP contribution in [0.4, 0.5) is 0 Å². The smallest absolute Gasteiger partial charge is 0.0127 e. The Labute approximate surface area is 83.5 Å². The topological polar surface area (TPSA) is 3.24 Å². The van der Waals surface area contributed by atoms with Gasteiger partial charge in [-0.2, -0.15) is 0 Å². The summed E-state index contributed by atoms with van der Waals surface area (Å²) in [5.74, 6) is 0.863. The Bertz CT molecular complexity index is 157. The molecular formula is C12H25N. The zero-order valence-electron chi connectivity index (χ0n) is 9.93. The highest BCUT2D eigenvalue weighted by Gasteiger charge is 2.30. The van der Waals surface area contributed by atoms with E-state index < -0.39 is 0 Å². The van der Waals surface area contributed by atoms with Crippen LogP contribution < -0.4 is 0 Å². The van der Waals surface area contributed by atoms with E-state index in [0.717, 1.165) is 12.0 Å². The van der Waals surface area contributed by atoms with Crippen LogP contribution in [0.15, 0.2) is 0 Å². The molecule has 0 amide bonds. The average molecular weight is 183 g/mol. The molecule has 1 heterocycles. The Balaban J connectivity index is 2.70. The third-order valence-corrected chi connectivity index (χ3v) is 3.49. The molecule has 1 nitrogen and oxygen atoms in total. The van der Waals surface area contributed by atoms with Crippen LogP contribution in [-0.4, -0.2) is 23.0 Å².